The lowest BCUT2D eigenvalue weighted by Gasteiger charge is -2.07. The van der Waals surface area contributed by atoms with Gasteiger partial charge >= 0.3 is 11.9 Å². The van der Waals surface area contributed by atoms with Gasteiger partial charge in [0.1, 0.15) is 0 Å². The summed E-state index contributed by atoms with van der Waals surface area (Å²) in [6.07, 6.45) is 0. The summed E-state index contributed by atoms with van der Waals surface area (Å²) >= 11 is 5.80. The molecule has 15 heavy (non-hydrogen) atoms. The van der Waals surface area contributed by atoms with Crippen molar-refractivity contribution in [2.45, 2.75) is 0 Å². The highest BCUT2D eigenvalue weighted by atomic mass is 35.5. The van der Waals surface area contributed by atoms with Gasteiger partial charge in [0.2, 0.25) is 0 Å². The number of ether oxygens (including phenoxy) is 2. The summed E-state index contributed by atoms with van der Waals surface area (Å²) in [5.74, 6) is -1.29. The molecule has 4 nitrogen and oxygen atoms in total. The van der Waals surface area contributed by atoms with Crippen LogP contribution in [0.15, 0.2) is 18.2 Å². The summed E-state index contributed by atoms with van der Waals surface area (Å²) in [4.78, 5) is 22.7. The third-order valence-corrected chi connectivity index (χ3v) is 2.12. The van der Waals surface area contributed by atoms with Gasteiger partial charge < -0.3 is 9.47 Å². The summed E-state index contributed by atoms with van der Waals surface area (Å²) in [6, 6.07) is 4.51. The van der Waals surface area contributed by atoms with Gasteiger partial charge in [-0.25, -0.2) is 9.59 Å². The first-order chi connectivity index (χ1) is 7.11. The van der Waals surface area contributed by atoms with Crippen molar-refractivity contribution in [3.05, 3.63) is 34.3 Å². The molecule has 80 valence electrons. The van der Waals surface area contributed by atoms with E-state index in [1.54, 1.807) is 6.07 Å². The Balaban J connectivity index is 3.32. The van der Waals surface area contributed by atoms with Gasteiger partial charge in [-0.2, -0.15) is 0 Å². The van der Waals surface area contributed by atoms with Crippen molar-refractivity contribution in [2.24, 2.45) is 0 Å². The Kier molecular flexibility index (Phi) is 3.68. The van der Waals surface area contributed by atoms with Crippen LogP contribution in [0, 0.1) is 0 Å². The van der Waals surface area contributed by atoms with Gasteiger partial charge in [-0.3, -0.25) is 0 Å². The predicted octanol–water partition coefficient (Wildman–Crippen LogP) is 1.91. The molecule has 0 heterocycles. The number of carbonyl (C=O) groups is 2. The molecule has 0 bridgehead atoms. The number of hydrogen-bond donors (Lipinski definition) is 0. The normalized spacial score (nSPS) is 9.53. The van der Waals surface area contributed by atoms with Gasteiger partial charge in [0.15, 0.2) is 0 Å². The predicted molar refractivity (Wildman–Crippen MR) is 54.1 cm³/mol. The molecule has 1 rings (SSSR count). The average molecular weight is 229 g/mol. The van der Waals surface area contributed by atoms with E-state index in [-0.39, 0.29) is 16.1 Å². The lowest BCUT2D eigenvalue weighted by atomic mass is 10.1. The third kappa shape index (κ3) is 2.27. The topological polar surface area (TPSA) is 52.6 Å². The average Bonchev–Trinajstić information content (AvgIpc) is 2.26. The lowest BCUT2D eigenvalue weighted by molar-refractivity contribution is 0.0555. The van der Waals surface area contributed by atoms with Crippen molar-refractivity contribution in [1.29, 1.82) is 0 Å². The highest BCUT2D eigenvalue weighted by molar-refractivity contribution is 6.34. The third-order valence-electron chi connectivity index (χ3n) is 1.81. The molecule has 0 amide bonds. The molecule has 0 aliphatic carbocycles. The van der Waals surface area contributed by atoms with Gasteiger partial charge in [0.25, 0.3) is 0 Å². The van der Waals surface area contributed by atoms with Crippen molar-refractivity contribution < 1.29 is 19.1 Å². The first kappa shape index (κ1) is 11.5. The minimum Gasteiger partial charge on any atom is -0.465 e. The fraction of sp³-hybridized carbons (Fsp3) is 0.200. The number of halogens is 1. The first-order valence-corrected chi connectivity index (χ1v) is 4.44. The molecular weight excluding hydrogens is 220 g/mol. The molecule has 0 fully saturated rings. The molecule has 1 aromatic carbocycles. The van der Waals surface area contributed by atoms with E-state index in [4.69, 9.17) is 11.6 Å². The molecule has 0 atom stereocenters. The molecule has 0 saturated heterocycles. The summed E-state index contributed by atoms with van der Waals surface area (Å²) in [5.41, 5.74) is 0.116. The van der Waals surface area contributed by atoms with Gasteiger partial charge in [0, 0.05) is 0 Å². The van der Waals surface area contributed by atoms with Gasteiger partial charge in [-0.05, 0) is 12.1 Å². The van der Waals surface area contributed by atoms with Crippen LogP contribution in [0.2, 0.25) is 5.02 Å². The quantitative estimate of drug-likeness (QED) is 0.726. The molecule has 0 aliphatic rings. The Bertz CT molecular complexity index is 400. The zero-order valence-corrected chi connectivity index (χ0v) is 9.00. The highest BCUT2D eigenvalue weighted by Gasteiger charge is 2.20. The van der Waals surface area contributed by atoms with Crippen molar-refractivity contribution >= 4 is 23.5 Å². The first-order valence-electron chi connectivity index (χ1n) is 4.07. The summed E-state index contributed by atoms with van der Waals surface area (Å²) in [6.45, 7) is 0. The second-order valence-corrected chi connectivity index (χ2v) is 3.05. The van der Waals surface area contributed by atoms with Crippen molar-refractivity contribution in [3.63, 3.8) is 0 Å². The minimum atomic E-state index is -0.666. The highest BCUT2D eigenvalue weighted by Crippen LogP contribution is 2.21. The molecule has 1 aromatic rings. The molecule has 0 radical (unpaired) electrons. The standard InChI is InChI=1S/C10H9ClO4/c1-14-9(12)6-4-3-5-7(11)8(6)10(13)15-2/h3-5H,1-2H3. The molecule has 0 aromatic heterocycles. The number of esters is 2. The molecule has 0 saturated carbocycles. The van der Waals surface area contributed by atoms with Crippen LogP contribution in [0.3, 0.4) is 0 Å². The lowest BCUT2D eigenvalue weighted by Crippen LogP contribution is -2.12. The smallest absolute Gasteiger partial charge is 0.340 e. The van der Waals surface area contributed by atoms with Gasteiger partial charge in [-0.15, -0.1) is 0 Å². The van der Waals surface area contributed by atoms with E-state index in [9.17, 15) is 9.59 Å². The molecular formula is C10H9ClO4. The molecule has 5 heteroatoms. The van der Waals surface area contributed by atoms with E-state index in [1.807, 2.05) is 0 Å². The second-order valence-electron chi connectivity index (χ2n) is 2.65. The maximum atomic E-state index is 11.4. The van der Waals surface area contributed by atoms with Crippen LogP contribution in [0.1, 0.15) is 20.7 Å². The van der Waals surface area contributed by atoms with Crippen molar-refractivity contribution in [3.8, 4) is 0 Å². The van der Waals surface area contributed by atoms with E-state index >= 15 is 0 Å². The van der Waals surface area contributed by atoms with E-state index in [1.165, 1.54) is 26.4 Å². The summed E-state index contributed by atoms with van der Waals surface area (Å²) in [5, 5.41) is 0.157. The van der Waals surface area contributed by atoms with Crippen LogP contribution in [0.25, 0.3) is 0 Å². The second kappa shape index (κ2) is 4.79. The van der Waals surface area contributed by atoms with E-state index in [0.717, 1.165) is 0 Å². The van der Waals surface area contributed by atoms with E-state index < -0.39 is 11.9 Å². The van der Waals surface area contributed by atoms with Crippen LogP contribution in [0.4, 0.5) is 0 Å². The zero-order chi connectivity index (χ0) is 11.4. The SMILES string of the molecule is COC(=O)c1cccc(Cl)c1C(=O)OC. The monoisotopic (exact) mass is 228 g/mol. The fourth-order valence-electron chi connectivity index (χ4n) is 1.11. The number of carbonyl (C=O) groups excluding carboxylic acids is 2. The Labute approximate surface area is 91.7 Å². The minimum absolute atomic E-state index is 0.0218. The maximum Gasteiger partial charge on any atom is 0.340 e. The Morgan fingerprint density at radius 2 is 1.73 bits per heavy atom. The molecule has 0 spiro atoms. The summed E-state index contributed by atoms with van der Waals surface area (Å²) in [7, 11) is 2.44. The largest absolute Gasteiger partial charge is 0.465 e. The maximum absolute atomic E-state index is 11.4. The zero-order valence-electron chi connectivity index (χ0n) is 8.24. The summed E-state index contributed by atoms with van der Waals surface area (Å²) < 4.78 is 9.04. The molecule has 0 N–H and O–H groups in total. The Morgan fingerprint density at radius 1 is 1.13 bits per heavy atom. The van der Waals surface area contributed by atoms with Gasteiger partial charge in [0.05, 0.1) is 30.4 Å². The van der Waals surface area contributed by atoms with Crippen molar-refractivity contribution in [1.82, 2.24) is 0 Å². The van der Waals surface area contributed by atoms with Gasteiger partial charge in [-0.1, -0.05) is 17.7 Å². The number of benzene rings is 1. The van der Waals surface area contributed by atoms with E-state index in [0.29, 0.717) is 0 Å². The molecule has 0 unspecified atom stereocenters. The van der Waals surface area contributed by atoms with Crippen LogP contribution >= 0.6 is 11.6 Å². The van der Waals surface area contributed by atoms with Crippen LogP contribution in [-0.2, 0) is 9.47 Å². The van der Waals surface area contributed by atoms with E-state index in [2.05, 4.69) is 9.47 Å². The van der Waals surface area contributed by atoms with Crippen molar-refractivity contribution in [2.75, 3.05) is 14.2 Å². The van der Waals surface area contributed by atoms with Crippen LogP contribution in [0.5, 0.6) is 0 Å². The van der Waals surface area contributed by atoms with Crippen LogP contribution in [-0.4, -0.2) is 26.2 Å². The molecule has 0 aliphatic heterocycles. The fourth-order valence-corrected chi connectivity index (χ4v) is 1.37. The Hall–Kier alpha value is -1.55. The Morgan fingerprint density at radius 3 is 2.27 bits per heavy atom. The number of hydrogen-bond acceptors (Lipinski definition) is 4. The van der Waals surface area contributed by atoms with Crippen LogP contribution < -0.4 is 0 Å². The number of methoxy groups -OCH3 is 2. The number of rotatable bonds is 2.